The fourth-order valence-electron chi connectivity index (χ4n) is 1.54. The van der Waals surface area contributed by atoms with Crippen LogP contribution in [0.25, 0.3) is 0 Å². The third-order valence-corrected chi connectivity index (χ3v) is 3.38. The molecule has 0 saturated heterocycles. The molecule has 0 unspecified atom stereocenters. The first-order valence-corrected chi connectivity index (χ1v) is 6.01. The molecule has 1 aromatic heterocycles. The number of benzene rings is 1. The second kappa shape index (κ2) is 4.63. The lowest BCUT2D eigenvalue weighted by Crippen LogP contribution is -1.99. The van der Waals surface area contributed by atoms with Gasteiger partial charge in [-0.25, -0.2) is 4.98 Å². The predicted molar refractivity (Wildman–Crippen MR) is 70.9 cm³/mol. The Kier molecular flexibility index (Phi) is 3.19. The molecule has 0 bridgehead atoms. The minimum Gasteiger partial charge on any atom is -0.383 e. The summed E-state index contributed by atoms with van der Waals surface area (Å²) >= 11 is 1.54. The van der Waals surface area contributed by atoms with E-state index in [1.807, 2.05) is 0 Å². The number of hydrogen-bond acceptors (Lipinski definition) is 5. The number of nitrogens with zero attached hydrogens (tertiary/aromatic N) is 2. The number of nitrogens with two attached hydrogens (primary N) is 2. The van der Waals surface area contributed by atoms with Crippen LogP contribution in [0.15, 0.2) is 34.2 Å². The molecule has 88 valence electrons. The summed E-state index contributed by atoms with van der Waals surface area (Å²) in [5, 5.41) is 0.766. The van der Waals surface area contributed by atoms with Crippen LogP contribution >= 0.6 is 11.8 Å². The lowest BCUT2D eigenvalue weighted by atomic mass is 10.2. The summed E-state index contributed by atoms with van der Waals surface area (Å²) in [6.07, 6.45) is 0. The number of anilines is 2. The van der Waals surface area contributed by atoms with Crippen LogP contribution in [0, 0.1) is 13.8 Å². The second-order valence-electron chi connectivity index (χ2n) is 3.86. The summed E-state index contributed by atoms with van der Waals surface area (Å²) in [5.41, 5.74) is 13.6. The highest BCUT2D eigenvalue weighted by Gasteiger charge is 2.05. The van der Waals surface area contributed by atoms with E-state index in [0.717, 1.165) is 9.92 Å². The maximum absolute atomic E-state index is 5.63. The summed E-state index contributed by atoms with van der Waals surface area (Å²) in [6.45, 7) is 4.14. The fourth-order valence-corrected chi connectivity index (χ4v) is 2.44. The Morgan fingerprint density at radius 2 is 1.82 bits per heavy atom. The van der Waals surface area contributed by atoms with Crippen molar-refractivity contribution in [1.29, 1.82) is 0 Å². The Labute approximate surface area is 104 Å². The van der Waals surface area contributed by atoms with Crippen LogP contribution in [0.1, 0.15) is 11.1 Å². The molecule has 0 saturated carbocycles. The van der Waals surface area contributed by atoms with E-state index in [-0.39, 0.29) is 5.95 Å². The van der Waals surface area contributed by atoms with Gasteiger partial charge in [0.05, 0.1) is 0 Å². The van der Waals surface area contributed by atoms with Crippen LogP contribution in [0.5, 0.6) is 0 Å². The Balaban J connectivity index is 2.31. The Hall–Kier alpha value is -1.75. The molecule has 4 N–H and O–H groups in total. The normalized spacial score (nSPS) is 10.5. The van der Waals surface area contributed by atoms with Crippen molar-refractivity contribution in [2.24, 2.45) is 0 Å². The molecule has 1 heterocycles. The first-order valence-electron chi connectivity index (χ1n) is 5.20. The Bertz CT molecular complexity index is 534. The maximum Gasteiger partial charge on any atom is 0.223 e. The van der Waals surface area contributed by atoms with E-state index in [2.05, 4.69) is 42.0 Å². The zero-order valence-electron chi connectivity index (χ0n) is 9.77. The molecule has 0 amide bonds. The molecule has 5 heteroatoms. The van der Waals surface area contributed by atoms with Crippen LogP contribution in [0.2, 0.25) is 0 Å². The maximum atomic E-state index is 5.63. The van der Waals surface area contributed by atoms with Gasteiger partial charge in [-0.2, -0.15) is 4.98 Å². The lowest BCUT2D eigenvalue weighted by Gasteiger charge is -2.06. The Morgan fingerprint density at radius 1 is 1.06 bits per heavy atom. The van der Waals surface area contributed by atoms with E-state index >= 15 is 0 Å². The molecule has 0 radical (unpaired) electrons. The van der Waals surface area contributed by atoms with Crippen molar-refractivity contribution in [3.63, 3.8) is 0 Å². The standard InChI is InChI=1S/C12H14N4S/c1-7-3-4-9(8(2)5-7)17-11-6-10(13)15-12(14)16-11/h3-6H,1-2H3,(H4,13,14,15,16). The smallest absolute Gasteiger partial charge is 0.223 e. The van der Waals surface area contributed by atoms with Crippen LogP contribution < -0.4 is 11.5 Å². The minimum atomic E-state index is 0.206. The van der Waals surface area contributed by atoms with Crippen molar-refractivity contribution < 1.29 is 0 Å². The van der Waals surface area contributed by atoms with E-state index in [0.29, 0.717) is 5.82 Å². The molecule has 0 aliphatic heterocycles. The van der Waals surface area contributed by atoms with Gasteiger partial charge in [-0.1, -0.05) is 29.5 Å². The molecule has 0 aliphatic carbocycles. The van der Waals surface area contributed by atoms with Gasteiger partial charge in [0, 0.05) is 11.0 Å². The summed E-state index contributed by atoms with van der Waals surface area (Å²) in [5.74, 6) is 0.599. The van der Waals surface area contributed by atoms with E-state index < -0.39 is 0 Å². The van der Waals surface area contributed by atoms with Crippen LogP contribution in [-0.2, 0) is 0 Å². The molecule has 2 aromatic rings. The third kappa shape index (κ3) is 2.88. The molecule has 0 fully saturated rings. The molecular weight excluding hydrogens is 232 g/mol. The predicted octanol–water partition coefficient (Wildman–Crippen LogP) is 2.41. The van der Waals surface area contributed by atoms with Gasteiger partial charge in [-0.05, 0) is 25.5 Å². The summed E-state index contributed by atoms with van der Waals surface area (Å²) in [6, 6.07) is 8.00. The highest BCUT2D eigenvalue weighted by Crippen LogP contribution is 2.30. The number of aryl methyl sites for hydroxylation is 2. The van der Waals surface area contributed by atoms with Gasteiger partial charge < -0.3 is 11.5 Å². The molecule has 17 heavy (non-hydrogen) atoms. The zero-order valence-corrected chi connectivity index (χ0v) is 10.6. The number of aromatic nitrogens is 2. The van der Waals surface area contributed by atoms with Crippen LogP contribution in [-0.4, -0.2) is 9.97 Å². The van der Waals surface area contributed by atoms with Crippen molar-refractivity contribution in [3.8, 4) is 0 Å². The number of rotatable bonds is 2. The van der Waals surface area contributed by atoms with Gasteiger partial charge in [0.25, 0.3) is 0 Å². The molecule has 0 aliphatic rings. The molecular formula is C12H14N4S. The summed E-state index contributed by atoms with van der Waals surface area (Å²) < 4.78 is 0. The van der Waals surface area contributed by atoms with Gasteiger partial charge in [-0.15, -0.1) is 0 Å². The van der Waals surface area contributed by atoms with Gasteiger partial charge >= 0.3 is 0 Å². The topological polar surface area (TPSA) is 77.8 Å². The van der Waals surface area contributed by atoms with Crippen LogP contribution in [0.3, 0.4) is 0 Å². The van der Waals surface area contributed by atoms with Crippen molar-refractivity contribution >= 4 is 23.5 Å². The lowest BCUT2D eigenvalue weighted by molar-refractivity contribution is 1.07. The van der Waals surface area contributed by atoms with Crippen molar-refractivity contribution in [3.05, 3.63) is 35.4 Å². The van der Waals surface area contributed by atoms with Crippen molar-refractivity contribution in [2.45, 2.75) is 23.8 Å². The molecule has 0 atom stereocenters. The van der Waals surface area contributed by atoms with Gasteiger partial charge in [-0.3, -0.25) is 0 Å². The van der Waals surface area contributed by atoms with Gasteiger partial charge in [0.1, 0.15) is 10.8 Å². The SMILES string of the molecule is Cc1ccc(Sc2cc(N)nc(N)n2)c(C)c1. The van der Waals surface area contributed by atoms with Crippen LogP contribution in [0.4, 0.5) is 11.8 Å². The monoisotopic (exact) mass is 246 g/mol. The zero-order chi connectivity index (χ0) is 12.4. The first kappa shape index (κ1) is 11.7. The molecule has 2 rings (SSSR count). The third-order valence-electron chi connectivity index (χ3n) is 2.28. The second-order valence-corrected chi connectivity index (χ2v) is 4.92. The minimum absolute atomic E-state index is 0.206. The van der Waals surface area contributed by atoms with Gasteiger partial charge in [0.15, 0.2) is 0 Å². The van der Waals surface area contributed by atoms with Crippen molar-refractivity contribution in [1.82, 2.24) is 9.97 Å². The number of nitrogen functional groups attached to an aromatic ring is 2. The van der Waals surface area contributed by atoms with Gasteiger partial charge in [0.2, 0.25) is 5.95 Å². The van der Waals surface area contributed by atoms with Crippen molar-refractivity contribution in [2.75, 3.05) is 11.5 Å². The highest BCUT2D eigenvalue weighted by atomic mass is 32.2. The highest BCUT2D eigenvalue weighted by molar-refractivity contribution is 7.99. The molecule has 0 spiro atoms. The van der Waals surface area contributed by atoms with E-state index in [1.165, 1.54) is 11.1 Å². The largest absolute Gasteiger partial charge is 0.383 e. The van der Waals surface area contributed by atoms with E-state index in [4.69, 9.17) is 11.5 Å². The summed E-state index contributed by atoms with van der Waals surface area (Å²) in [7, 11) is 0. The first-order chi connectivity index (χ1) is 8.04. The van der Waals surface area contributed by atoms with E-state index in [1.54, 1.807) is 17.8 Å². The average Bonchev–Trinajstić information content (AvgIpc) is 2.21. The fraction of sp³-hybridized carbons (Fsp3) is 0.167. The number of hydrogen-bond donors (Lipinski definition) is 2. The molecule has 4 nitrogen and oxygen atoms in total. The average molecular weight is 246 g/mol. The molecule has 1 aromatic carbocycles. The summed E-state index contributed by atoms with van der Waals surface area (Å²) in [4.78, 5) is 9.13. The van der Waals surface area contributed by atoms with E-state index in [9.17, 15) is 0 Å². The Morgan fingerprint density at radius 3 is 2.47 bits per heavy atom. The quantitative estimate of drug-likeness (QED) is 0.796.